The minimum absolute atomic E-state index is 0.259. The summed E-state index contributed by atoms with van der Waals surface area (Å²) in [5.41, 5.74) is -3.28. The monoisotopic (exact) mass is 374 g/mol. The van der Waals surface area contributed by atoms with Crippen molar-refractivity contribution in [1.82, 2.24) is 4.57 Å². The number of pyridine rings is 1. The lowest BCUT2D eigenvalue weighted by Crippen LogP contribution is -2.30. The first-order valence-electron chi connectivity index (χ1n) is 5.83. The van der Waals surface area contributed by atoms with Crippen molar-refractivity contribution in [1.29, 1.82) is 0 Å². The van der Waals surface area contributed by atoms with E-state index in [1.165, 1.54) is 0 Å². The molecule has 0 saturated heterocycles. The third kappa shape index (κ3) is 4.94. The highest BCUT2D eigenvalue weighted by Crippen LogP contribution is 2.27. The SMILES string of the molecule is Cc1cc(OS(=O)(=O)CC(F)(F)F)c([N+](=O)[O-])c(=O)n1CC(=O)O. The smallest absolute Gasteiger partial charge is 0.406 e. The van der Waals surface area contributed by atoms with Gasteiger partial charge in [0.15, 0.2) is 5.75 Å². The molecule has 1 rings (SSSR count). The Bertz CT molecular complexity index is 843. The van der Waals surface area contributed by atoms with E-state index in [1.54, 1.807) is 0 Å². The molecule has 0 radical (unpaired) electrons. The number of carbonyl (C=O) groups is 1. The van der Waals surface area contributed by atoms with Crippen LogP contribution >= 0.6 is 0 Å². The van der Waals surface area contributed by atoms with Crippen LogP contribution in [0.1, 0.15) is 5.69 Å². The fourth-order valence-corrected chi connectivity index (χ4v) is 2.52. The van der Waals surface area contributed by atoms with Crippen LogP contribution in [0.15, 0.2) is 10.9 Å². The zero-order valence-electron chi connectivity index (χ0n) is 11.7. The van der Waals surface area contributed by atoms with Crippen LogP contribution in [0, 0.1) is 17.0 Å². The summed E-state index contributed by atoms with van der Waals surface area (Å²) in [4.78, 5) is 32.1. The van der Waals surface area contributed by atoms with E-state index >= 15 is 0 Å². The van der Waals surface area contributed by atoms with Gasteiger partial charge in [0.1, 0.15) is 6.54 Å². The van der Waals surface area contributed by atoms with Gasteiger partial charge in [0, 0.05) is 11.8 Å². The van der Waals surface area contributed by atoms with Gasteiger partial charge in [-0.3, -0.25) is 24.3 Å². The van der Waals surface area contributed by atoms with Gasteiger partial charge in [-0.15, -0.1) is 0 Å². The number of carboxylic acids is 1. The number of nitrogens with zero attached hydrogens (tertiary/aromatic N) is 2. The van der Waals surface area contributed by atoms with Gasteiger partial charge in [0.2, 0.25) is 5.75 Å². The maximum absolute atomic E-state index is 12.2. The van der Waals surface area contributed by atoms with E-state index in [2.05, 4.69) is 4.18 Å². The maximum atomic E-state index is 12.2. The number of alkyl halides is 3. The molecule has 0 fully saturated rings. The van der Waals surface area contributed by atoms with Crippen molar-refractivity contribution in [2.45, 2.75) is 19.6 Å². The third-order valence-corrected chi connectivity index (χ3v) is 3.59. The van der Waals surface area contributed by atoms with Gasteiger partial charge in [-0.25, -0.2) is 0 Å². The largest absolute Gasteiger partial charge is 0.480 e. The summed E-state index contributed by atoms with van der Waals surface area (Å²) < 4.78 is 63.6. The van der Waals surface area contributed by atoms with E-state index in [4.69, 9.17) is 5.11 Å². The molecule has 0 aliphatic heterocycles. The Hall–Kier alpha value is -2.64. The molecule has 1 N–H and O–H groups in total. The summed E-state index contributed by atoms with van der Waals surface area (Å²) in [5, 5.41) is 19.6. The lowest BCUT2D eigenvalue weighted by molar-refractivity contribution is -0.387. The van der Waals surface area contributed by atoms with Crippen LogP contribution < -0.4 is 9.74 Å². The Balaban J connectivity index is 3.48. The summed E-state index contributed by atoms with van der Waals surface area (Å²) in [6.07, 6.45) is -5.17. The van der Waals surface area contributed by atoms with Crippen LogP contribution in [0.5, 0.6) is 5.75 Å². The van der Waals surface area contributed by atoms with Crippen LogP contribution in [-0.2, 0) is 21.5 Å². The molecule has 24 heavy (non-hydrogen) atoms. The van der Waals surface area contributed by atoms with Gasteiger partial charge < -0.3 is 9.29 Å². The van der Waals surface area contributed by atoms with Crippen molar-refractivity contribution in [2.75, 3.05) is 5.75 Å². The Kier molecular flexibility index (Phi) is 5.23. The first-order chi connectivity index (χ1) is 10.7. The molecule has 1 heterocycles. The van der Waals surface area contributed by atoms with Crippen molar-refractivity contribution in [3.63, 3.8) is 0 Å². The molecule has 0 atom stereocenters. The van der Waals surface area contributed by atoms with E-state index in [-0.39, 0.29) is 5.69 Å². The topological polar surface area (TPSA) is 146 Å². The second-order valence-corrected chi connectivity index (χ2v) is 6.01. The Morgan fingerprint density at radius 2 is 2.00 bits per heavy atom. The molecule has 0 amide bonds. The first-order valence-corrected chi connectivity index (χ1v) is 7.41. The van der Waals surface area contributed by atoms with Crippen LogP contribution in [0.4, 0.5) is 18.9 Å². The summed E-state index contributed by atoms with van der Waals surface area (Å²) in [7, 11) is -5.31. The normalized spacial score (nSPS) is 12.0. The predicted octanol–water partition coefficient (Wildman–Crippen LogP) is 0.420. The summed E-state index contributed by atoms with van der Waals surface area (Å²) in [6.45, 7) is 0.123. The maximum Gasteiger partial charge on any atom is 0.406 e. The van der Waals surface area contributed by atoms with Crippen LogP contribution in [-0.4, -0.2) is 40.9 Å². The number of carboxylic acid groups (broad SMARTS) is 1. The number of aliphatic carboxylic acids is 1. The zero-order valence-corrected chi connectivity index (χ0v) is 12.5. The van der Waals surface area contributed by atoms with Crippen molar-refractivity contribution in [3.8, 4) is 5.75 Å². The lowest BCUT2D eigenvalue weighted by Gasteiger charge is -2.12. The molecule has 0 aliphatic rings. The van der Waals surface area contributed by atoms with E-state index in [0.29, 0.717) is 10.6 Å². The molecule has 0 aliphatic carbocycles. The molecule has 1 aromatic rings. The number of nitro groups is 1. The Labute approximate surface area is 131 Å². The van der Waals surface area contributed by atoms with Gasteiger partial charge in [-0.2, -0.15) is 21.6 Å². The summed E-state index contributed by atoms with van der Waals surface area (Å²) in [5.74, 6) is -5.17. The second kappa shape index (κ2) is 6.46. The summed E-state index contributed by atoms with van der Waals surface area (Å²) in [6, 6.07) is 0.594. The lowest BCUT2D eigenvalue weighted by atomic mass is 10.3. The number of hydrogen-bond donors (Lipinski definition) is 1. The molecule has 0 aromatic carbocycles. The van der Waals surface area contributed by atoms with Gasteiger partial charge in [-0.05, 0) is 6.92 Å². The molecule has 14 heteroatoms. The standard InChI is InChI=1S/C10H9F3N2O8S/c1-5-2-6(23-24(21,22)4-10(11,12)13)8(15(19)20)9(18)14(5)3-7(16)17/h2H,3-4H2,1H3,(H,16,17). The molecule has 134 valence electrons. The van der Waals surface area contributed by atoms with Gasteiger partial charge in [0.05, 0.1) is 4.92 Å². The van der Waals surface area contributed by atoms with Crippen molar-refractivity contribution in [2.24, 2.45) is 0 Å². The molecule has 1 aromatic heterocycles. The van der Waals surface area contributed by atoms with E-state index < -0.39 is 56.5 Å². The molecule has 0 spiro atoms. The molecular weight excluding hydrogens is 365 g/mol. The Morgan fingerprint density at radius 1 is 1.46 bits per heavy atom. The molecular formula is C10H9F3N2O8S. The van der Waals surface area contributed by atoms with E-state index in [1.807, 2.05) is 0 Å². The number of halogens is 3. The average Bonchev–Trinajstić information content (AvgIpc) is 2.29. The number of rotatable bonds is 6. The summed E-state index contributed by atoms with van der Waals surface area (Å²) >= 11 is 0. The number of aryl methyl sites for hydroxylation is 1. The molecule has 0 saturated carbocycles. The third-order valence-electron chi connectivity index (χ3n) is 2.48. The first kappa shape index (κ1) is 19.4. The molecule has 0 bridgehead atoms. The minimum Gasteiger partial charge on any atom is -0.480 e. The van der Waals surface area contributed by atoms with Crippen LogP contribution in [0.3, 0.4) is 0 Å². The van der Waals surface area contributed by atoms with Crippen LogP contribution in [0.2, 0.25) is 0 Å². The fourth-order valence-electron chi connectivity index (χ4n) is 1.66. The average molecular weight is 374 g/mol. The molecule has 10 nitrogen and oxygen atoms in total. The highest BCUT2D eigenvalue weighted by molar-refractivity contribution is 7.87. The number of aromatic nitrogens is 1. The van der Waals surface area contributed by atoms with Crippen LogP contribution in [0.25, 0.3) is 0 Å². The van der Waals surface area contributed by atoms with Gasteiger partial charge >= 0.3 is 33.5 Å². The van der Waals surface area contributed by atoms with Gasteiger partial charge in [-0.1, -0.05) is 0 Å². The second-order valence-electron chi connectivity index (χ2n) is 4.44. The minimum atomic E-state index is -5.31. The predicted molar refractivity (Wildman–Crippen MR) is 70.2 cm³/mol. The van der Waals surface area contributed by atoms with E-state index in [9.17, 15) is 41.3 Å². The Morgan fingerprint density at radius 3 is 2.42 bits per heavy atom. The zero-order chi connectivity index (χ0) is 18.9. The van der Waals surface area contributed by atoms with Gasteiger partial charge in [0.25, 0.3) is 0 Å². The van der Waals surface area contributed by atoms with Crippen molar-refractivity contribution < 1.29 is 40.6 Å². The molecule has 0 unspecified atom stereocenters. The van der Waals surface area contributed by atoms with Crippen molar-refractivity contribution >= 4 is 21.8 Å². The fraction of sp³-hybridized carbons (Fsp3) is 0.400. The van der Waals surface area contributed by atoms with E-state index in [0.717, 1.165) is 6.92 Å². The van der Waals surface area contributed by atoms with Crippen molar-refractivity contribution in [3.05, 3.63) is 32.2 Å². The highest BCUT2D eigenvalue weighted by atomic mass is 32.2. The quantitative estimate of drug-likeness (QED) is 0.428. The number of hydrogen-bond acceptors (Lipinski definition) is 7. The highest BCUT2D eigenvalue weighted by Gasteiger charge is 2.38.